The first-order chi connectivity index (χ1) is 13.5. The van der Waals surface area contributed by atoms with E-state index in [0.29, 0.717) is 5.41 Å². The van der Waals surface area contributed by atoms with Gasteiger partial charge in [-0.25, -0.2) is 0 Å². The molecule has 5 aliphatic carbocycles. The van der Waals surface area contributed by atoms with Gasteiger partial charge in [-0.3, -0.25) is 0 Å². The first-order valence-electron chi connectivity index (χ1n) is 12.2. The van der Waals surface area contributed by atoms with Crippen molar-refractivity contribution in [2.24, 2.45) is 34.5 Å². The van der Waals surface area contributed by atoms with Crippen LogP contribution in [0.2, 0.25) is 0 Å². The zero-order chi connectivity index (χ0) is 19.4. The molecule has 0 N–H and O–H groups in total. The number of fused-ring (bicyclic) bond motifs is 4. The molecule has 0 spiro atoms. The summed E-state index contributed by atoms with van der Waals surface area (Å²) in [7, 11) is 6.10. The molecule has 5 fully saturated rings. The van der Waals surface area contributed by atoms with Gasteiger partial charge in [0.1, 0.15) is 0 Å². The quantitative estimate of drug-likeness (QED) is 0.514. The third-order valence-corrected chi connectivity index (χ3v) is 9.64. The van der Waals surface area contributed by atoms with Crippen molar-refractivity contribution in [2.75, 3.05) is 0 Å². The van der Waals surface area contributed by atoms with Crippen molar-refractivity contribution < 1.29 is 0 Å². The van der Waals surface area contributed by atoms with Gasteiger partial charge in [-0.2, -0.15) is 0 Å². The fourth-order valence-electron chi connectivity index (χ4n) is 8.10. The molecule has 0 nitrogen and oxygen atoms in total. The monoisotopic (exact) mass is 373 g/mol. The predicted octanol–water partition coefficient (Wildman–Crippen LogP) is 6.72. The molecule has 0 heterocycles. The van der Waals surface area contributed by atoms with E-state index in [2.05, 4.69) is 38.1 Å². The fraction of sp³-hybridized carbons (Fsp3) is 0.741. The molecule has 5 unspecified atom stereocenters. The molecule has 0 aliphatic heterocycles. The van der Waals surface area contributed by atoms with E-state index in [1.165, 1.54) is 70.6 Å². The van der Waals surface area contributed by atoms with Crippen molar-refractivity contribution in [3.63, 3.8) is 0 Å². The molecular weight excluding hydrogens is 335 g/mol. The Morgan fingerprint density at radius 1 is 1.04 bits per heavy atom. The number of benzene rings is 1. The van der Waals surface area contributed by atoms with Crippen LogP contribution in [0.3, 0.4) is 0 Å². The van der Waals surface area contributed by atoms with Gasteiger partial charge in [0.25, 0.3) is 0 Å². The molecule has 1 heteroatoms. The van der Waals surface area contributed by atoms with Gasteiger partial charge in [0.15, 0.2) is 0 Å². The maximum atomic E-state index is 6.10. The number of hydrogen-bond donors (Lipinski definition) is 0. The Morgan fingerprint density at radius 3 is 2.57 bits per heavy atom. The first kappa shape index (κ1) is 19.1. The standard InChI is InChI=1S/C27H38B/c1-19-10-13-27(16-21(14-19)17-27)15-20-6-8-22(9-7-20)23-11-12-26(2,18-28)25-5-3-4-24(23)25/h6-9,18-19,21,23-25H,3-5,10-17H2,1-2H3. The molecule has 6 rings (SSSR count). The van der Waals surface area contributed by atoms with Crippen LogP contribution in [0.25, 0.3) is 0 Å². The van der Waals surface area contributed by atoms with Crippen LogP contribution in [0.5, 0.6) is 0 Å². The topological polar surface area (TPSA) is 0 Å². The summed E-state index contributed by atoms with van der Waals surface area (Å²) in [6.45, 7) is 4.88. The molecular formula is C27H38B. The molecule has 1 radical (unpaired) electrons. The average Bonchev–Trinajstić information content (AvgIpc) is 3.05. The zero-order valence-electron chi connectivity index (χ0n) is 18.1. The minimum atomic E-state index is 0.272. The van der Waals surface area contributed by atoms with Gasteiger partial charge >= 0.3 is 142 Å². The Bertz CT molecular complexity index is 712. The van der Waals surface area contributed by atoms with Crippen molar-refractivity contribution in [3.8, 4) is 0 Å². The van der Waals surface area contributed by atoms with E-state index in [1.54, 1.807) is 11.1 Å². The zero-order valence-corrected chi connectivity index (χ0v) is 18.1. The SMILES string of the molecule is [B]=CC1(C)CCC(c2ccc(CC34CCC(C)CC(C3)C4)cc2)C2CCCC21. The Labute approximate surface area is 174 Å². The van der Waals surface area contributed by atoms with E-state index in [9.17, 15) is 0 Å². The van der Waals surface area contributed by atoms with Crippen LogP contribution in [0.4, 0.5) is 0 Å². The van der Waals surface area contributed by atoms with Crippen LogP contribution >= 0.6 is 0 Å². The van der Waals surface area contributed by atoms with E-state index in [4.69, 9.17) is 7.49 Å². The summed E-state index contributed by atoms with van der Waals surface area (Å²) in [6, 6.07) is 9.96. The molecule has 5 aliphatic rings. The van der Waals surface area contributed by atoms with Gasteiger partial charge < -0.3 is 0 Å². The molecule has 1 aromatic carbocycles. The number of rotatable bonds is 4. The molecule has 149 valence electrons. The van der Waals surface area contributed by atoms with Crippen molar-refractivity contribution in [2.45, 2.75) is 90.4 Å². The van der Waals surface area contributed by atoms with E-state index < -0.39 is 0 Å². The summed E-state index contributed by atoms with van der Waals surface area (Å²) in [6.07, 6.45) is 15.5. The normalized spacial score (nSPS) is 45.0. The predicted molar refractivity (Wildman–Crippen MR) is 121 cm³/mol. The maximum absolute atomic E-state index is 6.10. The average molecular weight is 373 g/mol. The van der Waals surface area contributed by atoms with Gasteiger partial charge in [-0.1, -0.05) is 13.3 Å². The summed E-state index contributed by atoms with van der Waals surface area (Å²) in [4.78, 5) is 0. The van der Waals surface area contributed by atoms with Crippen LogP contribution in [-0.4, -0.2) is 13.5 Å². The van der Waals surface area contributed by atoms with Gasteiger partial charge in [-0.05, 0) is 18.3 Å². The molecule has 1 aromatic rings. The third kappa shape index (κ3) is 3.25. The van der Waals surface area contributed by atoms with E-state index in [-0.39, 0.29) is 5.41 Å². The molecule has 28 heavy (non-hydrogen) atoms. The Kier molecular flexibility index (Phi) is 4.88. The summed E-state index contributed by atoms with van der Waals surface area (Å²) < 4.78 is 0. The second kappa shape index (κ2) is 7.14. The molecule has 0 saturated heterocycles. The summed E-state index contributed by atoms with van der Waals surface area (Å²) in [5, 5.41) is 0. The van der Waals surface area contributed by atoms with Crippen LogP contribution in [0.1, 0.15) is 95.1 Å². The number of hydrogen-bond acceptors (Lipinski definition) is 0. The third-order valence-electron chi connectivity index (χ3n) is 9.64. The molecule has 0 aromatic heterocycles. The van der Waals surface area contributed by atoms with Crippen molar-refractivity contribution >= 4 is 13.5 Å². The van der Waals surface area contributed by atoms with Crippen LogP contribution in [-0.2, 0) is 6.42 Å². The summed E-state index contributed by atoms with van der Waals surface area (Å²) >= 11 is 0. The van der Waals surface area contributed by atoms with E-state index >= 15 is 0 Å². The molecule has 5 saturated carbocycles. The molecule has 5 atom stereocenters. The summed E-state index contributed by atoms with van der Waals surface area (Å²) in [5.74, 6) is 6.44. The molecule has 2 bridgehead atoms. The second-order valence-corrected chi connectivity index (χ2v) is 11.6. The Hall–Kier alpha value is -0.845. The minimum absolute atomic E-state index is 0.272. The first-order valence-corrected chi connectivity index (χ1v) is 12.2. The van der Waals surface area contributed by atoms with Crippen LogP contribution < -0.4 is 0 Å². The van der Waals surface area contributed by atoms with Crippen LogP contribution in [0, 0.1) is 34.5 Å². The van der Waals surface area contributed by atoms with E-state index in [0.717, 1.165) is 29.6 Å². The molecule has 0 amide bonds. The van der Waals surface area contributed by atoms with Gasteiger partial charge in [0, 0.05) is 0 Å². The van der Waals surface area contributed by atoms with Gasteiger partial charge in [0.05, 0.1) is 0 Å². The van der Waals surface area contributed by atoms with Gasteiger partial charge in [-0.15, -0.1) is 0 Å². The van der Waals surface area contributed by atoms with Crippen LogP contribution in [0.15, 0.2) is 24.3 Å². The second-order valence-electron chi connectivity index (χ2n) is 11.6. The summed E-state index contributed by atoms with van der Waals surface area (Å²) in [5.41, 5.74) is 4.12. The fourth-order valence-corrected chi connectivity index (χ4v) is 8.10. The van der Waals surface area contributed by atoms with E-state index in [1.807, 2.05) is 5.97 Å². The van der Waals surface area contributed by atoms with Crippen molar-refractivity contribution in [1.82, 2.24) is 0 Å². The Morgan fingerprint density at radius 2 is 1.82 bits per heavy atom. The Balaban J connectivity index is 1.29. The van der Waals surface area contributed by atoms with Crippen molar-refractivity contribution in [1.29, 1.82) is 0 Å². The van der Waals surface area contributed by atoms with Crippen molar-refractivity contribution in [3.05, 3.63) is 35.4 Å². The van der Waals surface area contributed by atoms with Gasteiger partial charge in [0.2, 0.25) is 0 Å².